The first-order valence-corrected chi connectivity index (χ1v) is 3.99. The molecular formula is C7H11ClO3. The zero-order valence-corrected chi connectivity index (χ0v) is 7.13. The lowest BCUT2D eigenvalue weighted by molar-refractivity contribution is -0.141. The molecule has 0 aromatic carbocycles. The fraction of sp³-hybridized carbons (Fsp3) is 0.857. The molecule has 64 valence electrons. The van der Waals surface area contributed by atoms with Gasteiger partial charge in [-0.15, -0.1) is 11.6 Å². The van der Waals surface area contributed by atoms with E-state index >= 15 is 0 Å². The third-order valence-corrected chi connectivity index (χ3v) is 2.34. The first-order valence-electron chi connectivity index (χ1n) is 3.55. The number of esters is 1. The Morgan fingerprint density at radius 3 is 3.00 bits per heavy atom. The van der Waals surface area contributed by atoms with E-state index in [0.717, 1.165) is 6.42 Å². The topological polar surface area (TPSA) is 35.5 Å². The van der Waals surface area contributed by atoms with Crippen molar-refractivity contribution in [3.63, 3.8) is 0 Å². The molecule has 0 aromatic heterocycles. The van der Waals surface area contributed by atoms with Crippen LogP contribution in [0.2, 0.25) is 0 Å². The Morgan fingerprint density at radius 2 is 2.55 bits per heavy atom. The number of halogens is 1. The molecule has 0 spiro atoms. The fourth-order valence-electron chi connectivity index (χ4n) is 1.09. The summed E-state index contributed by atoms with van der Waals surface area (Å²) in [5, 5.41) is -0.539. The molecule has 1 heterocycles. The summed E-state index contributed by atoms with van der Waals surface area (Å²) >= 11 is 5.78. The Labute approximate surface area is 70.6 Å². The minimum atomic E-state index is -0.539. The van der Waals surface area contributed by atoms with Gasteiger partial charge in [0, 0.05) is 12.5 Å². The molecule has 0 saturated carbocycles. The van der Waals surface area contributed by atoms with Gasteiger partial charge >= 0.3 is 5.97 Å². The van der Waals surface area contributed by atoms with Gasteiger partial charge in [-0.05, 0) is 6.42 Å². The minimum Gasteiger partial charge on any atom is -0.468 e. The van der Waals surface area contributed by atoms with Gasteiger partial charge in [-0.3, -0.25) is 4.79 Å². The first-order chi connectivity index (χ1) is 5.25. The maximum absolute atomic E-state index is 10.9. The minimum absolute atomic E-state index is 0.129. The van der Waals surface area contributed by atoms with Gasteiger partial charge < -0.3 is 9.47 Å². The van der Waals surface area contributed by atoms with Crippen molar-refractivity contribution < 1.29 is 14.3 Å². The molecule has 0 amide bonds. The molecule has 0 aromatic rings. The van der Waals surface area contributed by atoms with Gasteiger partial charge in [0.05, 0.1) is 13.7 Å². The van der Waals surface area contributed by atoms with Crippen LogP contribution in [0, 0.1) is 5.92 Å². The number of hydrogen-bond donors (Lipinski definition) is 0. The van der Waals surface area contributed by atoms with Gasteiger partial charge in [-0.2, -0.15) is 0 Å². The van der Waals surface area contributed by atoms with E-state index in [4.69, 9.17) is 16.3 Å². The maximum atomic E-state index is 10.9. The van der Waals surface area contributed by atoms with E-state index in [1.54, 1.807) is 0 Å². The van der Waals surface area contributed by atoms with E-state index in [9.17, 15) is 4.79 Å². The Bertz CT molecular complexity index is 143. The maximum Gasteiger partial charge on any atom is 0.324 e. The van der Waals surface area contributed by atoms with Crippen molar-refractivity contribution in [2.45, 2.75) is 11.8 Å². The third-order valence-electron chi connectivity index (χ3n) is 1.81. The van der Waals surface area contributed by atoms with E-state index in [1.165, 1.54) is 7.11 Å². The Hall–Kier alpha value is -0.280. The van der Waals surface area contributed by atoms with Gasteiger partial charge in [0.2, 0.25) is 0 Å². The second-order valence-corrected chi connectivity index (χ2v) is 3.02. The van der Waals surface area contributed by atoms with Gasteiger partial charge in [0.15, 0.2) is 0 Å². The van der Waals surface area contributed by atoms with Gasteiger partial charge in [-0.25, -0.2) is 0 Å². The normalized spacial score (nSPS) is 26.5. The Balaban J connectivity index is 2.39. The molecular weight excluding hydrogens is 168 g/mol. The lowest BCUT2D eigenvalue weighted by atomic mass is 10.1. The second-order valence-electron chi connectivity index (χ2n) is 2.55. The summed E-state index contributed by atoms with van der Waals surface area (Å²) in [5.41, 5.74) is 0. The third kappa shape index (κ3) is 2.07. The van der Waals surface area contributed by atoms with Crippen molar-refractivity contribution in [1.29, 1.82) is 0 Å². The highest BCUT2D eigenvalue weighted by molar-refractivity contribution is 6.30. The molecule has 3 nitrogen and oxygen atoms in total. The molecule has 1 aliphatic heterocycles. The van der Waals surface area contributed by atoms with Crippen LogP contribution in [0.25, 0.3) is 0 Å². The van der Waals surface area contributed by atoms with Crippen molar-refractivity contribution in [3.05, 3.63) is 0 Å². The number of hydrogen-bond acceptors (Lipinski definition) is 3. The lowest BCUT2D eigenvalue weighted by Gasteiger charge is -2.11. The summed E-state index contributed by atoms with van der Waals surface area (Å²) in [6, 6.07) is 0. The molecule has 2 atom stereocenters. The smallest absolute Gasteiger partial charge is 0.324 e. The molecule has 4 heteroatoms. The first kappa shape index (κ1) is 8.81. The van der Waals surface area contributed by atoms with Crippen LogP contribution in [0.5, 0.6) is 0 Å². The summed E-state index contributed by atoms with van der Waals surface area (Å²) in [6.45, 7) is 1.27. The van der Waals surface area contributed by atoms with E-state index in [-0.39, 0.29) is 11.9 Å². The molecule has 0 unspecified atom stereocenters. The number of ether oxygens (including phenoxy) is 2. The summed E-state index contributed by atoms with van der Waals surface area (Å²) in [4.78, 5) is 10.9. The van der Waals surface area contributed by atoms with Crippen LogP contribution < -0.4 is 0 Å². The highest BCUT2D eigenvalue weighted by Crippen LogP contribution is 2.21. The number of rotatable bonds is 2. The number of carbonyl (C=O) groups excluding carboxylic acids is 1. The van der Waals surface area contributed by atoms with E-state index in [0.29, 0.717) is 13.2 Å². The number of methoxy groups -OCH3 is 1. The molecule has 1 saturated heterocycles. The monoisotopic (exact) mass is 178 g/mol. The summed E-state index contributed by atoms with van der Waals surface area (Å²) in [7, 11) is 1.34. The molecule has 0 N–H and O–H groups in total. The van der Waals surface area contributed by atoms with E-state index in [1.807, 2.05) is 0 Å². The van der Waals surface area contributed by atoms with Crippen LogP contribution >= 0.6 is 11.6 Å². The van der Waals surface area contributed by atoms with Gasteiger partial charge in [0.25, 0.3) is 0 Å². The summed E-state index contributed by atoms with van der Waals surface area (Å²) in [6.07, 6.45) is 0.850. The second kappa shape index (κ2) is 3.93. The van der Waals surface area contributed by atoms with Crippen molar-refractivity contribution in [1.82, 2.24) is 0 Å². The Kier molecular flexibility index (Phi) is 3.15. The number of alkyl halides is 1. The molecule has 0 aliphatic carbocycles. The average molecular weight is 179 g/mol. The molecule has 1 rings (SSSR count). The summed E-state index contributed by atoms with van der Waals surface area (Å²) in [5.74, 6) is -0.230. The lowest BCUT2D eigenvalue weighted by Crippen LogP contribution is -2.25. The fourth-order valence-corrected chi connectivity index (χ4v) is 1.38. The van der Waals surface area contributed by atoms with Crippen molar-refractivity contribution in [3.8, 4) is 0 Å². The van der Waals surface area contributed by atoms with Gasteiger partial charge in [0.1, 0.15) is 5.38 Å². The van der Waals surface area contributed by atoms with Crippen LogP contribution in [0.1, 0.15) is 6.42 Å². The molecule has 0 bridgehead atoms. The van der Waals surface area contributed by atoms with Gasteiger partial charge in [-0.1, -0.05) is 0 Å². The van der Waals surface area contributed by atoms with Crippen molar-refractivity contribution in [2.24, 2.45) is 5.92 Å². The predicted molar refractivity (Wildman–Crippen MR) is 40.6 cm³/mol. The quantitative estimate of drug-likeness (QED) is 0.464. The average Bonchev–Trinajstić information content (AvgIpc) is 2.53. The van der Waals surface area contributed by atoms with Crippen LogP contribution in [0.4, 0.5) is 0 Å². The number of carbonyl (C=O) groups is 1. The zero-order chi connectivity index (χ0) is 8.27. The standard InChI is InChI=1S/C7H11ClO3/c1-10-7(9)6(8)5-2-3-11-4-5/h5-6H,2-4H2,1H3/t5-,6+/m1/s1. The molecule has 1 aliphatic rings. The van der Waals surface area contributed by atoms with Crippen LogP contribution in [0.15, 0.2) is 0 Å². The molecule has 1 fully saturated rings. The predicted octanol–water partition coefficient (Wildman–Crippen LogP) is 0.803. The molecule has 11 heavy (non-hydrogen) atoms. The largest absolute Gasteiger partial charge is 0.468 e. The highest BCUT2D eigenvalue weighted by Gasteiger charge is 2.29. The highest BCUT2D eigenvalue weighted by atomic mass is 35.5. The van der Waals surface area contributed by atoms with Crippen LogP contribution in [-0.2, 0) is 14.3 Å². The van der Waals surface area contributed by atoms with Crippen LogP contribution in [0.3, 0.4) is 0 Å². The zero-order valence-electron chi connectivity index (χ0n) is 6.38. The van der Waals surface area contributed by atoms with Crippen molar-refractivity contribution >= 4 is 17.6 Å². The SMILES string of the molecule is COC(=O)[C@@H](Cl)[C@@H]1CCOC1. The molecule has 0 radical (unpaired) electrons. The summed E-state index contributed by atoms with van der Waals surface area (Å²) < 4.78 is 9.58. The van der Waals surface area contributed by atoms with Crippen LogP contribution in [-0.4, -0.2) is 31.7 Å². The van der Waals surface area contributed by atoms with E-state index < -0.39 is 5.38 Å². The van der Waals surface area contributed by atoms with Crippen molar-refractivity contribution in [2.75, 3.05) is 20.3 Å². The van der Waals surface area contributed by atoms with E-state index in [2.05, 4.69) is 4.74 Å². The Morgan fingerprint density at radius 1 is 1.82 bits per heavy atom.